The van der Waals surface area contributed by atoms with E-state index in [2.05, 4.69) is 4.98 Å². The van der Waals surface area contributed by atoms with Crippen LogP contribution in [-0.2, 0) is 12.8 Å². The Hall–Kier alpha value is -1.33. The maximum Gasteiger partial charge on any atom is 0.263 e. The molecule has 1 aliphatic rings. The standard InChI is InChI=1S/C15H16F2N2S/c16-14(17)10-5-3-4-9(8-10)13(18)15-19-11-6-1-2-7-12(11)20-15/h3-5,8,13-14H,1-2,6-7,18H2. The van der Waals surface area contributed by atoms with E-state index in [0.29, 0.717) is 5.56 Å². The second-order valence-corrected chi connectivity index (χ2v) is 6.19. The Balaban J connectivity index is 1.90. The summed E-state index contributed by atoms with van der Waals surface area (Å²) in [4.78, 5) is 5.92. The van der Waals surface area contributed by atoms with E-state index < -0.39 is 12.5 Å². The van der Waals surface area contributed by atoms with Crippen molar-refractivity contribution in [2.24, 2.45) is 5.73 Å². The summed E-state index contributed by atoms with van der Waals surface area (Å²) in [5.41, 5.74) is 8.07. The third kappa shape index (κ3) is 2.60. The van der Waals surface area contributed by atoms with Crippen molar-refractivity contribution in [2.75, 3.05) is 0 Å². The Morgan fingerprint density at radius 2 is 1.90 bits per heavy atom. The molecule has 2 N–H and O–H groups in total. The Morgan fingerprint density at radius 3 is 2.65 bits per heavy atom. The molecule has 0 radical (unpaired) electrons. The van der Waals surface area contributed by atoms with Crippen molar-refractivity contribution >= 4 is 11.3 Å². The summed E-state index contributed by atoms with van der Waals surface area (Å²) in [6.07, 6.45) is 1.98. The van der Waals surface area contributed by atoms with Crippen LogP contribution in [0.4, 0.5) is 8.78 Å². The van der Waals surface area contributed by atoms with Crippen LogP contribution in [0.25, 0.3) is 0 Å². The zero-order chi connectivity index (χ0) is 14.1. The molecule has 2 nitrogen and oxygen atoms in total. The Labute approximate surface area is 120 Å². The number of aryl methyl sites for hydroxylation is 2. The Bertz CT molecular complexity index is 586. The Kier molecular flexibility index (Phi) is 3.81. The van der Waals surface area contributed by atoms with Crippen LogP contribution in [0, 0.1) is 0 Å². The van der Waals surface area contributed by atoms with Gasteiger partial charge in [-0.3, -0.25) is 0 Å². The topological polar surface area (TPSA) is 38.9 Å². The molecule has 0 spiro atoms. The fraction of sp³-hybridized carbons (Fsp3) is 0.400. The molecule has 2 aromatic rings. The van der Waals surface area contributed by atoms with Gasteiger partial charge in [0.2, 0.25) is 0 Å². The van der Waals surface area contributed by atoms with E-state index in [1.54, 1.807) is 23.5 Å². The Morgan fingerprint density at radius 1 is 1.15 bits per heavy atom. The molecule has 5 heteroatoms. The van der Waals surface area contributed by atoms with Crippen LogP contribution < -0.4 is 5.73 Å². The van der Waals surface area contributed by atoms with E-state index in [1.165, 1.54) is 29.9 Å². The van der Waals surface area contributed by atoms with Gasteiger partial charge in [0.25, 0.3) is 6.43 Å². The second-order valence-electron chi connectivity index (χ2n) is 5.08. The van der Waals surface area contributed by atoms with Crippen LogP contribution in [0.5, 0.6) is 0 Å². The minimum Gasteiger partial charge on any atom is -0.318 e. The molecule has 0 saturated heterocycles. The summed E-state index contributed by atoms with van der Waals surface area (Å²) in [5.74, 6) is 0. The summed E-state index contributed by atoms with van der Waals surface area (Å²) < 4.78 is 25.5. The molecule has 3 rings (SSSR count). The fourth-order valence-corrected chi connectivity index (χ4v) is 3.72. The lowest BCUT2D eigenvalue weighted by atomic mass is 10.0. The summed E-state index contributed by atoms with van der Waals surface area (Å²) in [5, 5.41) is 0.836. The zero-order valence-corrected chi connectivity index (χ0v) is 11.8. The molecular weight excluding hydrogens is 278 g/mol. The molecule has 0 bridgehead atoms. The first-order valence-corrected chi connectivity index (χ1v) is 7.59. The lowest BCUT2D eigenvalue weighted by Crippen LogP contribution is -2.12. The van der Waals surface area contributed by atoms with Crippen LogP contribution in [0.15, 0.2) is 24.3 Å². The van der Waals surface area contributed by atoms with Crippen molar-refractivity contribution in [3.05, 3.63) is 51.0 Å². The fourth-order valence-electron chi connectivity index (χ4n) is 2.54. The zero-order valence-electron chi connectivity index (χ0n) is 11.0. The lowest BCUT2D eigenvalue weighted by molar-refractivity contribution is 0.151. The van der Waals surface area contributed by atoms with E-state index in [1.807, 2.05) is 0 Å². The van der Waals surface area contributed by atoms with E-state index in [0.717, 1.165) is 23.5 Å². The van der Waals surface area contributed by atoms with Gasteiger partial charge < -0.3 is 5.73 Å². The number of nitrogens with two attached hydrogens (primary N) is 1. The van der Waals surface area contributed by atoms with E-state index in [-0.39, 0.29) is 5.56 Å². The van der Waals surface area contributed by atoms with Gasteiger partial charge in [-0.25, -0.2) is 13.8 Å². The van der Waals surface area contributed by atoms with Gasteiger partial charge in [-0.1, -0.05) is 18.2 Å². The number of hydrogen-bond acceptors (Lipinski definition) is 3. The maximum atomic E-state index is 12.7. The number of halogens is 2. The number of thiazole rings is 1. The number of fused-ring (bicyclic) bond motifs is 1. The third-order valence-corrected chi connectivity index (χ3v) is 4.89. The van der Waals surface area contributed by atoms with Gasteiger partial charge in [-0.15, -0.1) is 11.3 Å². The van der Waals surface area contributed by atoms with Crippen LogP contribution in [0.3, 0.4) is 0 Å². The van der Waals surface area contributed by atoms with E-state index >= 15 is 0 Å². The van der Waals surface area contributed by atoms with Gasteiger partial charge in [0.15, 0.2) is 0 Å². The van der Waals surface area contributed by atoms with Crippen LogP contribution >= 0.6 is 11.3 Å². The SMILES string of the molecule is NC(c1cccc(C(F)F)c1)c1nc2c(s1)CCCC2. The van der Waals surface area contributed by atoms with Crippen molar-refractivity contribution in [2.45, 2.75) is 38.2 Å². The molecular formula is C15H16F2N2S. The molecule has 1 aromatic heterocycles. The minimum atomic E-state index is -2.47. The van der Waals surface area contributed by atoms with Gasteiger partial charge in [-0.2, -0.15) is 0 Å². The van der Waals surface area contributed by atoms with Crippen LogP contribution in [0.1, 0.15) is 52.0 Å². The van der Waals surface area contributed by atoms with Crippen molar-refractivity contribution in [3.8, 4) is 0 Å². The molecule has 0 saturated carbocycles. The normalized spacial score (nSPS) is 16.2. The largest absolute Gasteiger partial charge is 0.318 e. The molecule has 1 aliphatic carbocycles. The second kappa shape index (κ2) is 5.58. The average Bonchev–Trinajstić information content (AvgIpc) is 2.90. The van der Waals surface area contributed by atoms with Gasteiger partial charge in [0.1, 0.15) is 5.01 Å². The maximum absolute atomic E-state index is 12.7. The first-order chi connectivity index (χ1) is 9.65. The monoisotopic (exact) mass is 294 g/mol. The first kappa shape index (κ1) is 13.6. The minimum absolute atomic E-state index is 0.0132. The molecule has 0 fully saturated rings. The smallest absolute Gasteiger partial charge is 0.263 e. The molecule has 1 heterocycles. The average molecular weight is 294 g/mol. The van der Waals surface area contributed by atoms with E-state index in [9.17, 15) is 8.78 Å². The van der Waals surface area contributed by atoms with Crippen molar-refractivity contribution in [1.29, 1.82) is 0 Å². The molecule has 20 heavy (non-hydrogen) atoms. The highest BCUT2D eigenvalue weighted by molar-refractivity contribution is 7.11. The predicted octanol–water partition coefficient (Wildman–Crippen LogP) is 4.01. The van der Waals surface area contributed by atoms with Crippen molar-refractivity contribution in [3.63, 3.8) is 0 Å². The summed E-state index contributed by atoms with van der Waals surface area (Å²) in [6.45, 7) is 0. The number of aromatic nitrogens is 1. The van der Waals surface area contributed by atoms with E-state index in [4.69, 9.17) is 5.73 Å². The highest BCUT2D eigenvalue weighted by Gasteiger charge is 2.20. The van der Waals surface area contributed by atoms with Crippen LogP contribution in [-0.4, -0.2) is 4.98 Å². The first-order valence-electron chi connectivity index (χ1n) is 6.77. The van der Waals surface area contributed by atoms with Gasteiger partial charge in [-0.05, 0) is 37.3 Å². The number of nitrogens with zero attached hydrogens (tertiary/aromatic N) is 1. The molecule has 0 amide bonds. The highest BCUT2D eigenvalue weighted by atomic mass is 32.1. The molecule has 106 valence electrons. The molecule has 1 unspecified atom stereocenters. The number of rotatable bonds is 3. The number of benzene rings is 1. The highest BCUT2D eigenvalue weighted by Crippen LogP contribution is 2.32. The van der Waals surface area contributed by atoms with Gasteiger partial charge >= 0.3 is 0 Å². The summed E-state index contributed by atoms with van der Waals surface area (Å²) in [6, 6.07) is 5.91. The van der Waals surface area contributed by atoms with Gasteiger partial charge in [0.05, 0.1) is 11.7 Å². The summed E-state index contributed by atoms with van der Waals surface area (Å²) in [7, 11) is 0. The van der Waals surface area contributed by atoms with Crippen LogP contribution in [0.2, 0.25) is 0 Å². The lowest BCUT2D eigenvalue weighted by Gasteiger charge is -2.10. The molecule has 1 aromatic carbocycles. The molecule has 1 atom stereocenters. The number of hydrogen-bond donors (Lipinski definition) is 1. The van der Waals surface area contributed by atoms with Crippen molar-refractivity contribution in [1.82, 2.24) is 4.98 Å². The quantitative estimate of drug-likeness (QED) is 0.929. The van der Waals surface area contributed by atoms with Crippen molar-refractivity contribution < 1.29 is 8.78 Å². The number of alkyl halides is 2. The third-order valence-electron chi connectivity index (χ3n) is 3.65. The predicted molar refractivity (Wildman–Crippen MR) is 76.2 cm³/mol. The summed E-state index contributed by atoms with van der Waals surface area (Å²) >= 11 is 1.63. The molecule has 0 aliphatic heterocycles. The van der Waals surface area contributed by atoms with Gasteiger partial charge in [0, 0.05) is 10.4 Å².